The molecule has 0 aliphatic carbocycles. The lowest BCUT2D eigenvalue weighted by Gasteiger charge is -2.04. The van der Waals surface area contributed by atoms with E-state index in [4.69, 9.17) is 5.11 Å². The first kappa shape index (κ1) is 9.67. The van der Waals surface area contributed by atoms with Crippen molar-refractivity contribution in [3.05, 3.63) is 30.6 Å². The van der Waals surface area contributed by atoms with Crippen LogP contribution in [-0.4, -0.2) is 33.4 Å². The summed E-state index contributed by atoms with van der Waals surface area (Å²) in [5.74, 6) is 0.753. The maximum absolute atomic E-state index is 8.65. The van der Waals surface area contributed by atoms with Gasteiger partial charge in [-0.2, -0.15) is 5.10 Å². The number of aliphatic hydroxyl groups excluding tert-OH is 1. The summed E-state index contributed by atoms with van der Waals surface area (Å²) >= 11 is 0. The third-order valence-electron chi connectivity index (χ3n) is 2.01. The Kier molecular flexibility index (Phi) is 2.94. The Hall–Kier alpha value is -1.88. The number of hydrogen-bond donors (Lipinski definition) is 3. The molecule has 5 heteroatoms. The van der Waals surface area contributed by atoms with E-state index in [9.17, 15) is 0 Å². The normalized spacial score (nSPS) is 10.2. The van der Waals surface area contributed by atoms with Gasteiger partial charge >= 0.3 is 0 Å². The second-order valence-corrected chi connectivity index (χ2v) is 3.06. The highest BCUT2D eigenvalue weighted by Gasteiger charge is 1.99. The Morgan fingerprint density at radius 2 is 2.07 bits per heavy atom. The number of hydrogen-bond acceptors (Lipinski definition) is 4. The van der Waals surface area contributed by atoms with Gasteiger partial charge in [-0.05, 0) is 24.3 Å². The van der Waals surface area contributed by atoms with Crippen molar-refractivity contribution in [2.75, 3.05) is 18.5 Å². The van der Waals surface area contributed by atoms with Gasteiger partial charge in [-0.1, -0.05) is 0 Å². The molecule has 0 spiro atoms. The Labute approximate surface area is 87.2 Å². The van der Waals surface area contributed by atoms with Gasteiger partial charge in [-0.15, -0.1) is 0 Å². The molecule has 0 saturated heterocycles. The number of nitrogens with zero attached hydrogens (tertiary/aromatic N) is 2. The van der Waals surface area contributed by atoms with Gasteiger partial charge < -0.3 is 10.4 Å². The fraction of sp³-hybridized carbons (Fsp3) is 0.200. The van der Waals surface area contributed by atoms with Crippen LogP contribution < -0.4 is 5.32 Å². The zero-order valence-electron chi connectivity index (χ0n) is 8.14. The number of anilines is 1. The van der Waals surface area contributed by atoms with Gasteiger partial charge in [0.05, 0.1) is 6.61 Å². The van der Waals surface area contributed by atoms with Crippen LogP contribution in [0.3, 0.4) is 0 Å². The first-order chi connectivity index (χ1) is 7.40. The lowest BCUT2D eigenvalue weighted by molar-refractivity contribution is 0.311. The monoisotopic (exact) mass is 204 g/mol. The van der Waals surface area contributed by atoms with Crippen molar-refractivity contribution in [3.63, 3.8) is 0 Å². The van der Waals surface area contributed by atoms with Gasteiger partial charge in [0.15, 0.2) is 5.82 Å². The number of aromatic amines is 1. The summed E-state index contributed by atoms with van der Waals surface area (Å²) in [6.07, 6.45) is 1.48. The third kappa shape index (κ3) is 2.32. The number of benzene rings is 1. The van der Waals surface area contributed by atoms with Gasteiger partial charge in [-0.3, -0.25) is 5.10 Å². The van der Waals surface area contributed by atoms with E-state index < -0.39 is 0 Å². The highest BCUT2D eigenvalue weighted by molar-refractivity contribution is 5.59. The first-order valence-electron chi connectivity index (χ1n) is 4.70. The standard InChI is InChI=1S/C10H12N4O/c15-6-5-11-9-3-1-8(2-4-9)10-12-7-13-14-10/h1-4,7,11,15H,5-6H2,(H,12,13,14). The SMILES string of the molecule is OCCNc1ccc(-c2ncn[nH]2)cc1. The number of aliphatic hydroxyl groups is 1. The fourth-order valence-corrected chi connectivity index (χ4v) is 1.29. The summed E-state index contributed by atoms with van der Waals surface area (Å²) < 4.78 is 0. The number of H-pyrrole nitrogens is 1. The van der Waals surface area contributed by atoms with Gasteiger partial charge in [-0.25, -0.2) is 4.98 Å². The predicted molar refractivity (Wildman–Crippen MR) is 57.4 cm³/mol. The van der Waals surface area contributed by atoms with Gasteiger partial charge in [0.1, 0.15) is 6.33 Å². The van der Waals surface area contributed by atoms with Gasteiger partial charge in [0, 0.05) is 17.8 Å². The summed E-state index contributed by atoms with van der Waals surface area (Å²) in [5, 5.41) is 18.3. The number of aromatic nitrogens is 3. The molecule has 15 heavy (non-hydrogen) atoms. The minimum Gasteiger partial charge on any atom is -0.395 e. The van der Waals surface area contributed by atoms with Crippen LogP contribution >= 0.6 is 0 Å². The summed E-state index contributed by atoms with van der Waals surface area (Å²) in [6.45, 7) is 0.686. The van der Waals surface area contributed by atoms with E-state index in [1.54, 1.807) is 0 Å². The average molecular weight is 204 g/mol. The largest absolute Gasteiger partial charge is 0.395 e. The van der Waals surface area contributed by atoms with Crippen molar-refractivity contribution in [3.8, 4) is 11.4 Å². The Balaban J connectivity index is 2.11. The molecule has 5 nitrogen and oxygen atoms in total. The minimum absolute atomic E-state index is 0.129. The smallest absolute Gasteiger partial charge is 0.155 e. The van der Waals surface area contributed by atoms with Gasteiger partial charge in [0.2, 0.25) is 0 Å². The molecule has 0 saturated carbocycles. The number of rotatable bonds is 4. The van der Waals surface area contributed by atoms with Crippen LogP contribution in [0.1, 0.15) is 0 Å². The molecular formula is C10H12N4O. The second-order valence-electron chi connectivity index (χ2n) is 3.06. The molecule has 2 aromatic rings. The van der Waals surface area contributed by atoms with Crippen LogP contribution in [-0.2, 0) is 0 Å². The van der Waals surface area contributed by atoms with Crippen molar-refractivity contribution >= 4 is 5.69 Å². The van der Waals surface area contributed by atoms with Crippen LogP contribution in [0.15, 0.2) is 30.6 Å². The molecule has 0 amide bonds. The Bertz CT molecular complexity index is 396. The lowest BCUT2D eigenvalue weighted by atomic mass is 10.2. The van der Waals surface area contributed by atoms with Crippen LogP contribution in [0.4, 0.5) is 5.69 Å². The molecule has 0 aliphatic heterocycles. The van der Waals surface area contributed by atoms with Crippen LogP contribution in [0.5, 0.6) is 0 Å². The molecule has 0 unspecified atom stereocenters. The summed E-state index contributed by atoms with van der Waals surface area (Å²) in [4.78, 5) is 4.05. The van der Waals surface area contributed by atoms with E-state index in [-0.39, 0.29) is 6.61 Å². The fourth-order valence-electron chi connectivity index (χ4n) is 1.29. The number of nitrogens with one attached hydrogen (secondary N) is 2. The van der Waals surface area contributed by atoms with Crippen molar-refractivity contribution in [2.24, 2.45) is 0 Å². The highest BCUT2D eigenvalue weighted by atomic mass is 16.3. The molecule has 0 bridgehead atoms. The van der Waals surface area contributed by atoms with Crippen molar-refractivity contribution < 1.29 is 5.11 Å². The topological polar surface area (TPSA) is 73.8 Å². The molecule has 1 aromatic carbocycles. The quantitative estimate of drug-likeness (QED) is 0.691. The van der Waals surface area contributed by atoms with E-state index >= 15 is 0 Å². The van der Waals surface area contributed by atoms with Gasteiger partial charge in [0.25, 0.3) is 0 Å². The van der Waals surface area contributed by atoms with E-state index in [1.807, 2.05) is 24.3 Å². The van der Waals surface area contributed by atoms with E-state index in [2.05, 4.69) is 20.5 Å². The Morgan fingerprint density at radius 1 is 1.27 bits per heavy atom. The molecule has 78 valence electrons. The molecule has 0 radical (unpaired) electrons. The molecule has 1 aromatic heterocycles. The average Bonchev–Trinajstić information content (AvgIpc) is 2.80. The molecule has 3 N–H and O–H groups in total. The lowest BCUT2D eigenvalue weighted by Crippen LogP contribution is -2.04. The van der Waals surface area contributed by atoms with Crippen LogP contribution in [0.2, 0.25) is 0 Å². The van der Waals surface area contributed by atoms with Crippen LogP contribution in [0, 0.1) is 0 Å². The minimum atomic E-state index is 0.129. The summed E-state index contributed by atoms with van der Waals surface area (Å²) in [7, 11) is 0. The van der Waals surface area contributed by atoms with Crippen LogP contribution in [0.25, 0.3) is 11.4 Å². The molecule has 0 atom stereocenters. The van der Waals surface area contributed by atoms with E-state index in [0.29, 0.717) is 6.54 Å². The van der Waals surface area contributed by atoms with E-state index in [1.165, 1.54) is 6.33 Å². The zero-order chi connectivity index (χ0) is 10.5. The molecular weight excluding hydrogens is 192 g/mol. The highest BCUT2D eigenvalue weighted by Crippen LogP contribution is 2.16. The molecule has 1 heterocycles. The Morgan fingerprint density at radius 3 is 2.67 bits per heavy atom. The third-order valence-corrected chi connectivity index (χ3v) is 2.01. The molecule has 0 fully saturated rings. The molecule has 0 aliphatic rings. The maximum Gasteiger partial charge on any atom is 0.155 e. The summed E-state index contributed by atoms with van der Waals surface area (Å²) in [5.41, 5.74) is 1.97. The maximum atomic E-state index is 8.65. The first-order valence-corrected chi connectivity index (χ1v) is 4.70. The zero-order valence-corrected chi connectivity index (χ0v) is 8.14. The second kappa shape index (κ2) is 4.56. The molecule has 2 rings (SSSR count). The summed E-state index contributed by atoms with van der Waals surface area (Å²) in [6, 6.07) is 7.77. The van der Waals surface area contributed by atoms with Crippen molar-refractivity contribution in [2.45, 2.75) is 0 Å². The van der Waals surface area contributed by atoms with E-state index in [0.717, 1.165) is 17.1 Å². The van der Waals surface area contributed by atoms with Crippen molar-refractivity contribution in [1.82, 2.24) is 15.2 Å². The predicted octanol–water partition coefficient (Wildman–Crippen LogP) is 0.876. The van der Waals surface area contributed by atoms with Crippen molar-refractivity contribution in [1.29, 1.82) is 0 Å².